The lowest BCUT2D eigenvalue weighted by molar-refractivity contribution is -0.142. The third kappa shape index (κ3) is 9.59. The number of thioether (sulfide) groups is 1. The topological polar surface area (TPSA) is 187 Å². The molecule has 1 heterocycles. The first-order valence-corrected chi connectivity index (χ1v) is 16.3. The molecule has 0 aliphatic heterocycles. The number of carboxylic acid groups (broad SMARTS) is 1. The minimum atomic E-state index is -1.27. The van der Waals surface area contributed by atoms with E-state index in [1.807, 2.05) is 36.6 Å². The second kappa shape index (κ2) is 16.5. The number of aromatic hydroxyl groups is 1. The number of benzene rings is 3. The Hall–Kier alpha value is -4.81. The molecule has 46 heavy (non-hydrogen) atoms. The van der Waals surface area contributed by atoms with Crippen LogP contribution in [0.1, 0.15) is 23.1 Å². The van der Waals surface area contributed by atoms with Crippen LogP contribution in [-0.2, 0) is 38.4 Å². The Kier molecular flexibility index (Phi) is 12.2. The second-order valence-corrected chi connectivity index (χ2v) is 12.0. The fourth-order valence-corrected chi connectivity index (χ4v) is 5.55. The van der Waals surface area contributed by atoms with Gasteiger partial charge in [-0.25, -0.2) is 4.79 Å². The molecule has 0 fully saturated rings. The number of carbonyl (C=O) groups is 4. The first-order valence-electron chi connectivity index (χ1n) is 14.9. The van der Waals surface area contributed by atoms with Gasteiger partial charge >= 0.3 is 5.97 Å². The second-order valence-electron chi connectivity index (χ2n) is 11.0. The standard InChI is InChI=1S/C34H39N5O6S/c1-46-16-15-26(35)31(41)37-28(18-22-11-13-24(40)14-12-22)32(42)38-29(17-21-7-3-2-4-8-21)33(43)39-30(34(44)45)19-23-20-36-27-10-6-5-9-25(23)27/h2-14,20,26,28-30,36,40H,15-19,35H2,1H3,(H,37,41)(H,38,42)(H,39,43)(H,44,45). The SMILES string of the molecule is CSCCC(N)C(=O)NC(Cc1ccc(O)cc1)C(=O)NC(Cc1ccccc1)C(=O)NC(Cc1c[nH]c2ccccc12)C(=O)O. The molecule has 0 spiro atoms. The first-order chi connectivity index (χ1) is 22.1. The number of rotatable bonds is 16. The van der Waals surface area contributed by atoms with Crippen molar-refractivity contribution in [3.63, 3.8) is 0 Å². The van der Waals surface area contributed by atoms with Crippen molar-refractivity contribution in [2.75, 3.05) is 12.0 Å². The molecule has 3 aromatic carbocycles. The van der Waals surface area contributed by atoms with Crippen molar-refractivity contribution in [3.05, 3.63) is 102 Å². The zero-order chi connectivity index (χ0) is 33.1. The first kappa shape index (κ1) is 34.1. The molecule has 4 rings (SSSR count). The third-order valence-corrected chi connectivity index (χ3v) is 8.25. The number of amides is 3. The number of aromatic nitrogens is 1. The number of hydrogen-bond acceptors (Lipinski definition) is 7. The Morgan fingerprint density at radius 3 is 1.96 bits per heavy atom. The highest BCUT2D eigenvalue weighted by Gasteiger charge is 2.31. The minimum absolute atomic E-state index is 0.0184. The van der Waals surface area contributed by atoms with Gasteiger partial charge in [0.25, 0.3) is 0 Å². The Morgan fingerprint density at radius 1 is 0.761 bits per heavy atom. The van der Waals surface area contributed by atoms with Gasteiger partial charge in [-0.3, -0.25) is 14.4 Å². The molecular weight excluding hydrogens is 606 g/mol. The Bertz CT molecular complexity index is 1630. The van der Waals surface area contributed by atoms with Crippen molar-refractivity contribution in [1.82, 2.24) is 20.9 Å². The highest BCUT2D eigenvalue weighted by molar-refractivity contribution is 7.98. The van der Waals surface area contributed by atoms with Gasteiger partial charge in [0.2, 0.25) is 17.7 Å². The van der Waals surface area contributed by atoms with Crippen LogP contribution >= 0.6 is 11.8 Å². The average Bonchev–Trinajstić information content (AvgIpc) is 3.46. The fraction of sp³-hybridized carbons (Fsp3) is 0.294. The Balaban J connectivity index is 1.56. The van der Waals surface area contributed by atoms with Crippen molar-refractivity contribution in [3.8, 4) is 5.75 Å². The lowest BCUT2D eigenvalue weighted by atomic mass is 10.0. The molecule has 12 heteroatoms. The highest BCUT2D eigenvalue weighted by Crippen LogP contribution is 2.19. The molecule has 4 unspecified atom stereocenters. The average molecular weight is 646 g/mol. The van der Waals surface area contributed by atoms with Crippen LogP contribution in [0.2, 0.25) is 0 Å². The van der Waals surface area contributed by atoms with E-state index >= 15 is 0 Å². The number of nitrogens with one attached hydrogen (secondary N) is 4. The van der Waals surface area contributed by atoms with Crippen LogP contribution in [0, 0.1) is 0 Å². The number of phenolic OH excluding ortho intramolecular Hbond substituents is 1. The number of aliphatic carboxylic acids is 1. The van der Waals surface area contributed by atoms with Crippen molar-refractivity contribution in [1.29, 1.82) is 0 Å². The quantitative estimate of drug-likeness (QED) is 0.0969. The number of aromatic amines is 1. The van der Waals surface area contributed by atoms with E-state index in [-0.39, 0.29) is 25.0 Å². The molecule has 0 aliphatic rings. The summed E-state index contributed by atoms with van der Waals surface area (Å²) in [6, 6.07) is 18.3. The Labute approximate surface area is 271 Å². The maximum Gasteiger partial charge on any atom is 0.326 e. The Morgan fingerprint density at radius 2 is 1.33 bits per heavy atom. The monoisotopic (exact) mass is 645 g/mol. The number of phenols is 1. The summed E-state index contributed by atoms with van der Waals surface area (Å²) < 4.78 is 0. The van der Waals surface area contributed by atoms with Crippen LogP contribution in [0.4, 0.5) is 0 Å². The molecule has 0 bridgehead atoms. The van der Waals surface area contributed by atoms with Gasteiger partial charge < -0.3 is 36.9 Å². The summed E-state index contributed by atoms with van der Waals surface area (Å²) in [7, 11) is 0. The van der Waals surface area contributed by atoms with Gasteiger partial charge in [-0.05, 0) is 53.3 Å². The van der Waals surface area contributed by atoms with Crippen LogP contribution < -0.4 is 21.7 Å². The molecule has 0 radical (unpaired) electrons. The summed E-state index contributed by atoms with van der Waals surface area (Å²) in [6.45, 7) is 0. The lowest BCUT2D eigenvalue weighted by Crippen LogP contribution is -2.58. The molecule has 242 valence electrons. The number of para-hydroxylation sites is 1. The van der Waals surface area contributed by atoms with Gasteiger partial charge in [0.1, 0.15) is 23.9 Å². The van der Waals surface area contributed by atoms with Crippen molar-refractivity contribution in [2.24, 2.45) is 5.73 Å². The zero-order valence-corrected chi connectivity index (χ0v) is 26.3. The van der Waals surface area contributed by atoms with Crippen molar-refractivity contribution >= 4 is 46.4 Å². The van der Waals surface area contributed by atoms with Gasteiger partial charge in [0.05, 0.1) is 6.04 Å². The van der Waals surface area contributed by atoms with E-state index in [2.05, 4.69) is 20.9 Å². The minimum Gasteiger partial charge on any atom is -0.508 e. The van der Waals surface area contributed by atoms with E-state index < -0.39 is 47.9 Å². The molecular formula is C34H39N5O6S. The van der Waals surface area contributed by atoms with Gasteiger partial charge in [0.15, 0.2) is 0 Å². The molecule has 0 aliphatic carbocycles. The maximum absolute atomic E-state index is 13.8. The summed E-state index contributed by atoms with van der Waals surface area (Å²) in [5.74, 6) is -2.35. The lowest BCUT2D eigenvalue weighted by Gasteiger charge is -2.25. The molecule has 0 saturated heterocycles. The van der Waals surface area contributed by atoms with E-state index in [4.69, 9.17) is 5.73 Å². The summed E-state index contributed by atoms with van der Waals surface area (Å²) in [5, 5.41) is 28.7. The summed E-state index contributed by atoms with van der Waals surface area (Å²) in [6.07, 6.45) is 4.18. The van der Waals surface area contributed by atoms with E-state index in [1.165, 1.54) is 12.1 Å². The van der Waals surface area contributed by atoms with E-state index in [1.54, 1.807) is 54.4 Å². The van der Waals surface area contributed by atoms with Crippen LogP contribution in [0.5, 0.6) is 5.75 Å². The fourth-order valence-electron chi connectivity index (χ4n) is 5.06. The van der Waals surface area contributed by atoms with E-state index in [0.29, 0.717) is 17.7 Å². The molecule has 1 aromatic heterocycles. The predicted molar refractivity (Wildman–Crippen MR) is 178 cm³/mol. The van der Waals surface area contributed by atoms with Crippen LogP contribution in [-0.4, -0.2) is 75.1 Å². The normalized spacial score (nSPS) is 13.7. The van der Waals surface area contributed by atoms with Crippen LogP contribution in [0.3, 0.4) is 0 Å². The smallest absolute Gasteiger partial charge is 0.326 e. The third-order valence-electron chi connectivity index (χ3n) is 7.61. The number of carboxylic acids is 1. The van der Waals surface area contributed by atoms with Gasteiger partial charge in [0, 0.05) is 36.4 Å². The number of H-pyrrole nitrogens is 1. The van der Waals surface area contributed by atoms with Crippen molar-refractivity contribution in [2.45, 2.75) is 49.9 Å². The number of hydrogen-bond donors (Lipinski definition) is 7. The maximum atomic E-state index is 13.8. The highest BCUT2D eigenvalue weighted by atomic mass is 32.2. The molecule has 0 saturated carbocycles. The number of fused-ring (bicyclic) bond motifs is 1. The van der Waals surface area contributed by atoms with Gasteiger partial charge in [-0.1, -0.05) is 60.7 Å². The summed E-state index contributed by atoms with van der Waals surface area (Å²) >= 11 is 1.55. The van der Waals surface area contributed by atoms with E-state index in [9.17, 15) is 29.4 Å². The number of nitrogens with two attached hydrogens (primary N) is 1. The largest absolute Gasteiger partial charge is 0.508 e. The van der Waals surface area contributed by atoms with Crippen LogP contribution in [0.25, 0.3) is 10.9 Å². The number of carbonyl (C=O) groups excluding carboxylic acids is 3. The molecule has 11 nitrogen and oxygen atoms in total. The van der Waals surface area contributed by atoms with Crippen LogP contribution in [0.15, 0.2) is 85.1 Å². The predicted octanol–water partition coefficient (Wildman–Crippen LogP) is 2.52. The van der Waals surface area contributed by atoms with E-state index in [0.717, 1.165) is 22.0 Å². The van der Waals surface area contributed by atoms with Gasteiger partial charge in [-0.2, -0.15) is 11.8 Å². The molecule has 8 N–H and O–H groups in total. The molecule has 4 atom stereocenters. The molecule has 4 aromatic rings. The zero-order valence-electron chi connectivity index (χ0n) is 25.4. The van der Waals surface area contributed by atoms with Gasteiger partial charge in [-0.15, -0.1) is 0 Å². The molecule has 3 amide bonds. The van der Waals surface area contributed by atoms with Crippen molar-refractivity contribution < 1.29 is 29.4 Å². The summed E-state index contributed by atoms with van der Waals surface area (Å²) in [5.41, 5.74) is 9.04. The summed E-state index contributed by atoms with van der Waals surface area (Å²) in [4.78, 5) is 55.9.